The zero-order chi connectivity index (χ0) is 11.5. The van der Waals surface area contributed by atoms with E-state index in [1.165, 1.54) is 6.21 Å². The summed E-state index contributed by atoms with van der Waals surface area (Å²) in [5, 5.41) is 13.0. The molecule has 1 aromatic carbocycles. The predicted octanol–water partition coefficient (Wildman–Crippen LogP) is 1.78. The summed E-state index contributed by atoms with van der Waals surface area (Å²) >= 11 is 0. The smallest absolute Gasteiger partial charge is 0.425 e. The molecule has 0 atom stereocenters. The van der Waals surface area contributed by atoms with Crippen molar-refractivity contribution in [2.45, 2.75) is 0 Å². The summed E-state index contributed by atoms with van der Waals surface area (Å²) in [6, 6.07) is 7.86. The van der Waals surface area contributed by atoms with Crippen LogP contribution in [0.15, 0.2) is 35.6 Å². The molecule has 0 saturated carbocycles. The molecule has 0 bridgehead atoms. The first-order valence-corrected chi connectivity index (χ1v) is 4.74. The second-order valence-electron chi connectivity index (χ2n) is 3.39. The third-order valence-electron chi connectivity index (χ3n) is 2.29. The maximum Gasteiger partial charge on any atom is 0.425 e. The van der Waals surface area contributed by atoms with Crippen LogP contribution in [-0.2, 0) is 7.05 Å². The van der Waals surface area contributed by atoms with Gasteiger partial charge in [-0.05, 0) is 6.07 Å². The Morgan fingerprint density at radius 1 is 1.50 bits per heavy atom. The summed E-state index contributed by atoms with van der Waals surface area (Å²) in [5.74, 6) is 0. The Morgan fingerprint density at radius 3 is 3.00 bits per heavy atom. The van der Waals surface area contributed by atoms with Crippen molar-refractivity contribution in [3.8, 4) is 0 Å². The number of rotatable bonds is 2. The minimum Gasteiger partial charge on any atom is -0.464 e. The van der Waals surface area contributed by atoms with Gasteiger partial charge in [0.05, 0.1) is 6.21 Å². The number of hydrogen-bond donors (Lipinski definition) is 2. The predicted molar refractivity (Wildman–Crippen MR) is 61.7 cm³/mol. The maximum absolute atomic E-state index is 10.2. The molecule has 2 N–H and O–H groups in total. The normalized spacial score (nSPS) is 11.1. The molecule has 1 aromatic heterocycles. The number of hydrogen-bond acceptors (Lipinski definition) is 2. The molecule has 0 saturated heterocycles. The van der Waals surface area contributed by atoms with E-state index in [-0.39, 0.29) is 0 Å². The molecule has 1 amide bonds. The van der Waals surface area contributed by atoms with Crippen molar-refractivity contribution in [1.82, 2.24) is 9.99 Å². The summed E-state index contributed by atoms with van der Waals surface area (Å²) in [7, 11) is 1.93. The number of nitrogens with one attached hydrogen (secondary N) is 1. The minimum absolute atomic E-state index is 0.881. The molecule has 0 aliphatic carbocycles. The molecule has 0 aliphatic heterocycles. The number of aryl methyl sites for hydroxylation is 1. The van der Waals surface area contributed by atoms with Gasteiger partial charge in [0.1, 0.15) is 0 Å². The summed E-state index contributed by atoms with van der Waals surface area (Å²) < 4.78 is 1.97. The van der Waals surface area contributed by atoms with Crippen molar-refractivity contribution in [3.63, 3.8) is 0 Å². The highest BCUT2D eigenvalue weighted by Crippen LogP contribution is 2.18. The number of hydrazone groups is 1. The lowest BCUT2D eigenvalue weighted by Gasteiger charge is -1.93. The number of carboxylic acid groups (broad SMARTS) is 1. The Balaban J connectivity index is 2.38. The highest BCUT2D eigenvalue weighted by atomic mass is 16.4. The van der Waals surface area contributed by atoms with E-state index in [4.69, 9.17) is 5.11 Å². The van der Waals surface area contributed by atoms with Crippen LogP contribution in [0.2, 0.25) is 0 Å². The molecule has 5 nitrogen and oxygen atoms in total. The van der Waals surface area contributed by atoms with E-state index in [0.29, 0.717) is 0 Å². The highest BCUT2D eigenvalue weighted by molar-refractivity contribution is 5.99. The van der Waals surface area contributed by atoms with Gasteiger partial charge in [-0.3, -0.25) is 0 Å². The molecule has 5 heteroatoms. The van der Waals surface area contributed by atoms with Gasteiger partial charge < -0.3 is 9.67 Å². The Kier molecular flexibility index (Phi) is 2.59. The van der Waals surface area contributed by atoms with Crippen LogP contribution in [0.25, 0.3) is 10.9 Å². The fourth-order valence-electron chi connectivity index (χ4n) is 1.63. The molecule has 0 spiro atoms. The Hall–Kier alpha value is -2.30. The van der Waals surface area contributed by atoms with Gasteiger partial charge in [-0.2, -0.15) is 5.10 Å². The van der Waals surface area contributed by atoms with E-state index in [1.54, 1.807) is 0 Å². The SMILES string of the molecule is Cn1cc(C=NNC(=O)O)c2ccccc21. The molecule has 1 heterocycles. The van der Waals surface area contributed by atoms with Gasteiger partial charge >= 0.3 is 6.09 Å². The zero-order valence-electron chi connectivity index (χ0n) is 8.71. The van der Waals surface area contributed by atoms with Gasteiger partial charge in [0.25, 0.3) is 0 Å². The van der Waals surface area contributed by atoms with Gasteiger partial charge in [0.15, 0.2) is 0 Å². The number of para-hydroxylation sites is 1. The van der Waals surface area contributed by atoms with Crippen LogP contribution < -0.4 is 5.43 Å². The number of benzene rings is 1. The van der Waals surface area contributed by atoms with Gasteiger partial charge in [0.2, 0.25) is 0 Å². The Labute approximate surface area is 92.0 Å². The third-order valence-corrected chi connectivity index (χ3v) is 2.29. The molecular weight excluding hydrogens is 206 g/mol. The summed E-state index contributed by atoms with van der Waals surface area (Å²) in [6.45, 7) is 0. The summed E-state index contributed by atoms with van der Waals surface area (Å²) in [4.78, 5) is 10.2. The molecular formula is C11H11N3O2. The van der Waals surface area contributed by atoms with Crippen LogP contribution in [-0.4, -0.2) is 22.0 Å². The van der Waals surface area contributed by atoms with E-state index in [2.05, 4.69) is 5.10 Å². The first-order valence-electron chi connectivity index (χ1n) is 4.74. The second-order valence-corrected chi connectivity index (χ2v) is 3.39. The molecule has 2 aromatic rings. The minimum atomic E-state index is -1.17. The molecule has 0 fully saturated rings. The number of nitrogens with zero attached hydrogens (tertiary/aromatic N) is 2. The maximum atomic E-state index is 10.2. The van der Waals surface area contributed by atoms with Crippen molar-refractivity contribution in [2.24, 2.45) is 12.1 Å². The largest absolute Gasteiger partial charge is 0.464 e. The van der Waals surface area contributed by atoms with Crippen LogP contribution in [0.3, 0.4) is 0 Å². The van der Waals surface area contributed by atoms with E-state index in [1.807, 2.05) is 47.5 Å². The number of aromatic nitrogens is 1. The number of carbonyl (C=O) groups is 1. The average molecular weight is 217 g/mol. The monoisotopic (exact) mass is 217 g/mol. The topological polar surface area (TPSA) is 66.6 Å². The highest BCUT2D eigenvalue weighted by Gasteiger charge is 2.02. The average Bonchev–Trinajstić information content (AvgIpc) is 2.57. The van der Waals surface area contributed by atoms with Crippen LogP contribution in [0.5, 0.6) is 0 Å². The Bertz CT molecular complexity index is 557. The van der Waals surface area contributed by atoms with Crippen molar-refractivity contribution in [3.05, 3.63) is 36.0 Å². The fourth-order valence-corrected chi connectivity index (χ4v) is 1.63. The lowest BCUT2D eigenvalue weighted by atomic mass is 10.2. The van der Waals surface area contributed by atoms with E-state index < -0.39 is 6.09 Å². The van der Waals surface area contributed by atoms with Gasteiger partial charge in [-0.25, -0.2) is 10.2 Å². The second kappa shape index (κ2) is 4.06. The summed E-state index contributed by atoms with van der Waals surface area (Å²) in [5.41, 5.74) is 3.91. The van der Waals surface area contributed by atoms with E-state index in [9.17, 15) is 4.79 Å². The van der Waals surface area contributed by atoms with Crippen LogP contribution in [0.4, 0.5) is 4.79 Å². The molecule has 82 valence electrons. The van der Waals surface area contributed by atoms with E-state index >= 15 is 0 Å². The first kappa shape index (κ1) is 10.2. The van der Waals surface area contributed by atoms with Crippen molar-refractivity contribution >= 4 is 23.2 Å². The van der Waals surface area contributed by atoms with Crippen molar-refractivity contribution in [2.75, 3.05) is 0 Å². The molecule has 0 aliphatic rings. The molecule has 0 radical (unpaired) electrons. The van der Waals surface area contributed by atoms with Crippen molar-refractivity contribution < 1.29 is 9.90 Å². The number of amides is 1. The lowest BCUT2D eigenvalue weighted by Crippen LogP contribution is -2.13. The molecule has 0 unspecified atom stereocenters. The zero-order valence-corrected chi connectivity index (χ0v) is 8.71. The van der Waals surface area contributed by atoms with Crippen molar-refractivity contribution in [1.29, 1.82) is 0 Å². The Morgan fingerprint density at radius 2 is 2.25 bits per heavy atom. The van der Waals surface area contributed by atoms with Crippen LogP contribution in [0.1, 0.15) is 5.56 Å². The molecule has 2 rings (SSSR count). The number of fused-ring (bicyclic) bond motifs is 1. The van der Waals surface area contributed by atoms with Crippen LogP contribution in [0, 0.1) is 0 Å². The quantitative estimate of drug-likeness (QED) is 0.594. The molecule has 16 heavy (non-hydrogen) atoms. The fraction of sp³-hybridized carbons (Fsp3) is 0.0909. The third kappa shape index (κ3) is 1.88. The lowest BCUT2D eigenvalue weighted by molar-refractivity contribution is 0.195. The standard InChI is InChI=1S/C11H11N3O2/c1-14-7-8(6-12-13-11(15)16)9-4-2-3-5-10(9)14/h2-7,13H,1H3,(H,15,16). The van der Waals surface area contributed by atoms with Crippen LogP contribution >= 0.6 is 0 Å². The van der Waals surface area contributed by atoms with Gasteiger partial charge in [-0.1, -0.05) is 18.2 Å². The first-order chi connectivity index (χ1) is 7.68. The van der Waals surface area contributed by atoms with E-state index in [0.717, 1.165) is 16.5 Å². The van der Waals surface area contributed by atoms with Gasteiger partial charge in [-0.15, -0.1) is 0 Å². The van der Waals surface area contributed by atoms with Gasteiger partial charge in [0, 0.05) is 29.7 Å². The summed E-state index contributed by atoms with van der Waals surface area (Å²) in [6.07, 6.45) is 2.23.